The van der Waals surface area contributed by atoms with Crippen molar-refractivity contribution in [2.45, 2.75) is 57.9 Å². The quantitative estimate of drug-likeness (QED) is 0.330. The lowest BCUT2D eigenvalue weighted by molar-refractivity contribution is -0.0383. The van der Waals surface area contributed by atoms with E-state index >= 15 is 0 Å². The summed E-state index contributed by atoms with van der Waals surface area (Å²) in [4.78, 5) is 11.9. The third-order valence-corrected chi connectivity index (χ3v) is 8.47. The minimum Gasteiger partial charge on any atom is -0.374 e. The molecule has 8 heterocycles. The SMILES string of the molecule is Cc1nn(-c2cccnc2)c(C)c1-c1cc(N2C[C@@H]3C[C@H]2CO3)nc2c(-c3ccnn3C3CCCCO3)cnn12. The third kappa shape index (κ3) is 3.68. The van der Waals surface area contributed by atoms with E-state index in [-0.39, 0.29) is 12.3 Å². The number of hydrogen-bond donors (Lipinski definition) is 0. The first-order chi connectivity index (χ1) is 19.7. The van der Waals surface area contributed by atoms with Crippen LogP contribution in [-0.2, 0) is 9.47 Å². The van der Waals surface area contributed by atoms with Crippen molar-refractivity contribution in [2.24, 2.45) is 0 Å². The van der Waals surface area contributed by atoms with Gasteiger partial charge in [-0.15, -0.1) is 0 Å². The van der Waals surface area contributed by atoms with Crippen molar-refractivity contribution in [3.8, 4) is 28.2 Å². The third-order valence-electron chi connectivity index (χ3n) is 8.47. The Morgan fingerprint density at radius 3 is 2.73 bits per heavy atom. The number of fused-ring (bicyclic) bond motifs is 3. The first-order valence-electron chi connectivity index (χ1n) is 14.0. The molecule has 0 aromatic carbocycles. The Bertz CT molecular complexity index is 1700. The van der Waals surface area contributed by atoms with Crippen LogP contribution in [0.5, 0.6) is 0 Å². The number of nitrogens with zero attached hydrogens (tertiary/aromatic N) is 9. The molecule has 3 aliphatic rings. The summed E-state index contributed by atoms with van der Waals surface area (Å²) in [5.74, 6) is 0.938. The van der Waals surface area contributed by atoms with E-state index in [1.54, 1.807) is 6.20 Å². The number of morpholine rings is 1. The van der Waals surface area contributed by atoms with Gasteiger partial charge in [-0.05, 0) is 57.7 Å². The van der Waals surface area contributed by atoms with Crippen molar-refractivity contribution >= 4 is 11.5 Å². The molecule has 3 atom stereocenters. The second kappa shape index (κ2) is 9.24. The van der Waals surface area contributed by atoms with E-state index in [1.165, 1.54) is 0 Å². The lowest BCUT2D eigenvalue weighted by atomic mass is 10.1. The van der Waals surface area contributed by atoms with Crippen LogP contribution < -0.4 is 4.90 Å². The van der Waals surface area contributed by atoms with Crippen molar-refractivity contribution in [3.05, 3.63) is 60.4 Å². The Balaban J connectivity index is 1.32. The summed E-state index contributed by atoms with van der Waals surface area (Å²) in [7, 11) is 0. The first-order valence-corrected chi connectivity index (χ1v) is 14.0. The predicted octanol–water partition coefficient (Wildman–Crippen LogP) is 4.13. The number of aromatic nitrogens is 8. The lowest BCUT2D eigenvalue weighted by Gasteiger charge is -2.28. The van der Waals surface area contributed by atoms with Gasteiger partial charge in [0.05, 0.1) is 65.2 Å². The average Bonchev–Trinajstić information content (AvgIpc) is 3.82. The molecule has 3 saturated heterocycles. The maximum atomic E-state index is 6.10. The van der Waals surface area contributed by atoms with Gasteiger partial charge in [-0.1, -0.05) is 0 Å². The van der Waals surface area contributed by atoms with E-state index in [4.69, 9.17) is 24.7 Å². The zero-order chi connectivity index (χ0) is 26.8. The molecule has 8 rings (SSSR count). The minimum absolute atomic E-state index is 0.0787. The Kier molecular flexibility index (Phi) is 5.49. The van der Waals surface area contributed by atoms with Gasteiger partial charge >= 0.3 is 0 Å². The molecule has 40 heavy (non-hydrogen) atoms. The number of rotatable bonds is 5. The summed E-state index contributed by atoms with van der Waals surface area (Å²) in [6, 6.07) is 8.48. The highest BCUT2D eigenvalue weighted by Crippen LogP contribution is 2.38. The van der Waals surface area contributed by atoms with Crippen LogP contribution in [0.2, 0.25) is 0 Å². The van der Waals surface area contributed by atoms with Gasteiger partial charge in [0.2, 0.25) is 0 Å². The standard InChI is InChI=1S/C29H31N9O2/c1-18-28(19(2)36(34-18)20-6-5-9-30-14-20)25-13-26(35-16-22-12-21(35)17-40-22)33-29-23(15-32-38(25)29)24-8-10-31-37(24)27-7-3-4-11-39-27/h5-6,8-10,13-15,21-22,27H,3-4,7,11-12,16-17H2,1-2H3/t21-,22-,27?/m0/s1. The van der Waals surface area contributed by atoms with Crippen LogP contribution in [0.3, 0.4) is 0 Å². The molecular formula is C29H31N9O2. The van der Waals surface area contributed by atoms with Gasteiger partial charge in [0.25, 0.3) is 0 Å². The van der Waals surface area contributed by atoms with Crippen molar-refractivity contribution in [3.63, 3.8) is 0 Å². The molecule has 0 aliphatic carbocycles. The van der Waals surface area contributed by atoms with E-state index in [0.717, 1.165) is 96.5 Å². The summed E-state index contributed by atoms with van der Waals surface area (Å²) in [6.45, 7) is 6.48. The summed E-state index contributed by atoms with van der Waals surface area (Å²) >= 11 is 0. The van der Waals surface area contributed by atoms with Crippen LogP contribution in [0, 0.1) is 13.8 Å². The van der Waals surface area contributed by atoms with Gasteiger partial charge in [-0.2, -0.15) is 15.3 Å². The van der Waals surface area contributed by atoms with Crippen LogP contribution in [0.15, 0.2) is 49.1 Å². The molecule has 11 nitrogen and oxygen atoms in total. The lowest BCUT2D eigenvalue weighted by Crippen LogP contribution is -2.37. The van der Waals surface area contributed by atoms with Crippen LogP contribution in [0.1, 0.15) is 43.3 Å². The Hall–Kier alpha value is -4.09. The van der Waals surface area contributed by atoms with Gasteiger partial charge in [0.1, 0.15) is 5.82 Å². The summed E-state index contributed by atoms with van der Waals surface area (Å²) in [5.41, 5.74) is 7.55. The normalized spacial score (nSPS) is 22.6. The molecule has 11 heteroatoms. The number of aryl methyl sites for hydroxylation is 1. The number of pyridine rings is 1. The first kappa shape index (κ1) is 23.8. The molecule has 204 valence electrons. The molecular weight excluding hydrogens is 506 g/mol. The number of anilines is 1. The van der Waals surface area contributed by atoms with Gasteiger partial charge in [-0.3, -0.25) is 4.98 Å². The molecule has 0 N–H and O–H groups in total. The van der Waals surface area contributed by atoms with E-state index in [2.05, 4.69) is 28.0 Å². The zero-order valence-electron chi connectivity index (χ0n) is 22.6. The summed E-state index contributed by atoms with van der Waals surface area (Å²) < 4.78 is 17.9. The smallest absolute Gasteiger partial charge is 0.167 e. The second-order valence-electron chi connectivity index (χ2n) is 10.9. The van der Waals surface area contributed by atoms with Crippen molar-refractivity contribution in [1.29, 1.82) is 0 Å². The van der Waals surface area contributed by atoms with Crippen LogP contribution in [0.25, 0.3) is 33.8 Å². The maximum absolute atomic E-state index is 6.10. The monoisotopic (exact) mass is 537 g/mol. The molecule has 0 radical (unpaired) electrons. The highest BCUT2D eigenvalue weighted by atomic mass is 16.5. The predicted molar refractivity (Wildman–Crippen MR) is 148 cm³/mol. The Morgan fingerprint density at radius 2 is 1.95 bits per heavy atom. The van der Waals surface area contributed by atoms with Gasteiger partial charge in [-0.25, -0.2) is 18.9 Å². The summed E-state index contributed by atoms with van der Waals surface area (Å²) in [6.07, 6.45) is 11.7. The molecule has 3 aliphatic heterocycles. The van der Waals surface area contributed by atoms with Crippen molar-refractivity contribution in [1.82, 2.24) is 39.1 Å². The maximum Gasteiger partial charge on any atom is 0.167 e. The topological polar surface area (TPSA) is 100 Å². The average molecular weight is 538 g/mol. The minimum atomic E-state index is -0.0787. The van der Waals surface area contributed by atoms with Crippen molar-refractivity contribution in [2.75, 3.05) is 24.7 Å². The van der Waals surface area contributed by atoms with Gasteiger partial charge in [0.15, 0.2) is 11.9 Å². The molecule has 2 bridgehead atoms. The Morgan fingerprint density at radius 1 is 1.00 bits per heavy atom. The molecule has 5 aromatic rings. The molecule has 0 saturated carbocycles. The van der Waals surface area contributed by atoms with Crippen LogP contribution in [0.4, 0.5) is 5.82 Å². The molecule has 0 spiro atoms. The molecule has 0 amide bonds. The van der Waals surface area contributed by atoms with Crippen molar-refractivity contribution < 1.29 is 9.47 Å². The number of hydrogen-bond acceptors (Lipinski definition) is 8. The number of ether oxygens (including phenoxy) is 2. The highest BCUT2D eigenvalue weighted by Gasteiger charge is 2.40. The molecule has 5 aromatic heterocycles. The fourth-order valence-corrected chi connectivity index (χ4v) is 6.55. The fraction of sp³-hybridized carbons (Fsp3) is 0.414. The van der Waals surface area contributed by atoms with Crippen LogP contribution in [-0.4, -0.2) is 71.0 Å². The molecule has 1 unspecified atom stereocenters. The summed E-state index contributed by atoms with van der Waals surface area (Å²) in [5, 5.41) is 14.5. The van der Waals surface area contributed by atoms with Gasteiger partial charge < -0.3 is 14.4 Å². The highest BCUT2D eigenvalue weighted by molar-refractivity contribution is 5.80. The van der Waals surface area contributed by atoms with E-state index in [9.17, 15) is 0 Å². The van der Waals surface area contributed by atoms with Crippen LogP contribution >= 0.6 is 0 Å². The largest absolute Gasteiger partial charge is 0.374 e. The fourth-order valence-electron chi connectivity index (χ4n) is 6.55. The zero-order valence-corrected chi connectivity index (χ0v) is 22.6. The van der Waals surface area contributed by atoms with E-state index < -0.39 is 0 Å². The van der Waals surface area contributed by atoms with Gasteiger partial charge in [0, 0.05) is 37.2 Å². The second-order valence-corrected chi connectivity index (χ2v) is 10.9. The Labute approximate surface area is 231 Å². The van der Waals surface area contributed by atoms with E-state index in [0.29, 0.717) is 6.04 Å². The van der Waals surface area contributed by atoms with E-state index in [1.807, 2.05) is 57.6 Å². The molecule has 3 fully saturated rings.